The van der Waals surface area contributed by atoms with Gasteiger partial charge in [-0.2, -0.15) is 0 Å². The summed E-state index contributed by atoms with van der Waals surface area (Å²) in [5.41, 5.74) is 1.08. The van der Waals surface area contributed by atoms with Crippen LogP contribution in [0.3, 0.4) is 0 Å². The maximum atomic E-state index is 12.4. The fourth-order valence-corrected chi connectivity index (χ4v) is 3.01. The van der Waals surface area contributed by atoms with Crippen LogP contribution in [0.2, 0.25) is 0 Å². The number of hydrogen-bond donors (Lipinski definition) is 1. The van der Waals surface area contributed by atoms with Gasteiger partial charge < -0.3 is 5.32 Å². The van der Waals surface area contributed by atoms with Crippen LogP contribution >= 0.6 is 0 Å². The van der Waals surface area contributed by atoms with Crippen molar-refractivity contribution in [2.75, 3.05) is 18.4 Å². The van der Waals surface area contributed by atoms with Gasteiger partial charge in [0.1, 0.15) is 11.6 Å². The Hall–Kier alpha value is -2.34. The number of carbonyl (C=O) groups is 1. The van der Waals surface area contributed by atoms with E-state index >= 15 is 0 Å². The second kappa shape index (κ2) is 7.49. The van der Waals surface area contributed by atoms with Gasteiger partial charge in [0.05, 0.1) is 6.04 Å². The van der Waals surface area contributed by atoms with Crippen LogP contribution in [0.25, 0.3) is 0 Å². The lowest BCUT2D eigenvalue weighted by molar-refractivity contribution is -0.121. The summed E-state index contributed by atoms with van der Waals surface area (Å²) in [6.45, 7) is 5.84. The SMILES string of the molecule is Cc1ccc(NC(=O)C2CCN(C(C)c3ncccn3)CC2)nc1. The number of nitrogens with zero attached hydrogens (tertiary/aromatic N) is 4. The summed E-state index contributed by atoms with van der Waals surface area (Å²) in [5.74, 6) is 1.56. The molecule has 0 saturated carbocycles. The van der Waals surface area contributed by atoms with E-state index in [2.05, 4.69) is 32.1 Å². The molecule has 1 saturated heterocycles. The zero-order valence-corrected chi connectivity index (χ0v) is 14.1. The van der Waals surface area contributed by atoms with Crippen molar-refractivity contribution in [3.05, 3.63) is 48.2 Å². The Kier molecular flexibility index (Phi) is 5.15. The summed E-state index contributed by atoms with van der Waals surface area (Å²) >= 11 is 0. The second-order valence-electron chi connectivity index (χ2n) is 6.30. The van der Waals surface area contributed by atoms with E-state index < -0.39 is 0 Å². The van der Waals surface area contributed by atoms with Crippen LogP contribution in [-0.2, 0) is 4.79 Å². The summed E-state index contributed by atoms with van der Waals surface area (Å²) in [7, 11) is 0. The van der Waals surface area contributed by atoms with E-state index in [0.29, 0.717) is 5.82 Å². The van der Waals surface area contributed by atoms with Gasteiger partial charge in [0.15, 0.2) is 0 Å². The largest absolute Gasteiger partial charge is 0.310 e. The van der Waals surface area contributed by atoms with Gasteiger partial charge in [0, 0.05) is 24.5 Å². The number of piperidine rings is 1. The van der Waals surface area contributed by atoms with Crippen molar-refractivity contribution in [2.24, 2.45) is 5.92 Å². The molecule has 3 rings (SSSR count). The number of anilines is 1. The Bertz CT molecular complexity index is 666. The van der Waals surface area contributed by atoms with Crippen LogP contribution in [0.15, 0.2) is 36.8 Å². The number of carbonyl (C=O) groups excluding carboxylic acids is 1. The van der Waals surface area contributed by atoms with E-state index in [1.54, 1.807) is 18.6 Å². The fourth-order valence-electron chi connectivity index (χ4n) is 3.01. The second-order valence-corrected chi connectivity index (χ2v) is 6.30. The molecule has 1 unspecified atom stereocenters. The Balaban J connectivity index is 1.53. The molecule has 1 amide bonds. The number of rotatable bonds is 4. The molecule has 1 aliphatic rings. The first-order chi connectivity index (χ1) is 11.6. The standard InChI is InChI=1S/C18H23N5O/c1-13-4-5-16(21-12-13)22-18(24)15-6-10-23(11-7-15)14(2)17-19-8-3-9-20-17/h3-5,8-9,12,14-15H,6-7,10-11H2,1-2H3,(H,21,22,24). The minimum absolute atomic E-state index is 0.0354. The van der Waals surface area contributed by atoms with Gasteiger partial charge in [0.2, 0.25) is 5.91 Å². The molecule has 1 atom stereocenters. The predicted octanol–water partition coefficient (Wildman–Crippen LogP) is 2.59. The van der Waals surface area contributed by atoms with Gasteiger partial charge >= 0.3 is 0 Å². The third kappa shape index (κ3) is 3.94. The van der Waals surface area contributed by atoms with Crippen molar-refractivity contribution in [1.82, 2.24) is 19.9 Å². The van der Waals surface area contributed by atoms with E-state index in [9.17, 15) is 4.79 Å². The molecular formula is C18H23N5O. The molecule has 0 aromatic carbocycles. The summed E-state index contributed by atoms with van der Waals surface area (Å²) in [6.07, 6.45) is 6.99. The molecule has 24 heavy (non-hydrogen) atoms. The van der Waals surface area contributed by atoms with Gasteiger partial charge in [-0.05, 0) is 57.5 Å². The number of hydrogen-bond acceptors (Lipinski definition) is 5. The lowest BCUT2D eigenvalue weighted by atomic mass is 9.95. The molecule has 0 aliphatic carbocycles. The van der Waals surface area contributed by atoms with Gasteiger partial charge in [-0.15, -0.1) is 0 Å². The lowest BCUT2D eigenvalue weighted by Gasteiger charge is -2.34. The first-order valence-corrected chi connectivity index (χ1v) is 8.38. The van der Waals surface area contributed by atoms with Gasteiger partial charge in [-0.1, -0.05) is 6.07 Å². The Morgan fingerprint density at radius 3 is 2.54 bits per heavy atom. The van der Waals surface area contributed by atoms with Crippen molar-refractivity contribution >= 4 is 11.7 Å². The first kappa shape index (κ1) is 16.5. The van der Waals surface area contributed by atoms with Crippen LogP contribution in [0.4, 0.5) is 5.82 Å². The van der Waals surface area contributed by atoms with E-state index in [-0.39, 0.29) is 17.9 Å². The molecular weight excluding hydrogens is 302 g/mol. The van der Waals surface area contributed by atoms with Crippen LogP contribution in [0.1, 0.15) is 37.2 Å². The minimum atomic E-state index is 0.0354. The Labute approximate surface area is 142 Å². The monoisotopic (exact) mass is 325 g/mol. The number of aromatic nitrogens is 3. The molecule has 2 aromatic rings. The number of nitrogens with one attached hydrogen (secondary N) is 1. The first-order valence-electron chi connectivity index (χ1n) is 8.38. The third-order valence-corrected chi connectivity index (χ3v) is 4.57. The molecule has 0 spiro atoms. The summed E-state index contributed by atoms with van der Waals surface area (Å²) < 4.78 is 0. The molecule has 126 valence electrons. The van der Waals surface area contributed by atoms with E-state index in [1.165, 1.54) is 0 Å². The highest BCUT2D eigenvalue weighted by Gasteiger charge is 2.28. The van der Waals surface area contributed by atoms with Crippen molar-refractivity contribution in [2.45, 2.75) is 32.7 Å². The lowest BCUT2D eigenvalue weighted by Crippen LogP contribution is -2.39. The minimum Gasteiger partial charge on any atom is -0.310 e. The Morgan fingerprint density at radius 2 is 1.92 bits per heavy atom. The number of pyridine rings is 1. The third-order valence-electron chi connectivity index (χ3n) is 4.57. The molecule has 6 heteroatoms. The quantitative estimate of drug-likeness (QED) is 0.935. The van der Waals surface area contributed by atoms with Crippen molar-refractivity contribution < 1.29 is 4.79 Å². The number of aryl methyl sites for hydroxylation is 1. The van der Waals surface area contributed by atoms with Crippen LogP contribution < -0.4 is 5.32 Å². The zero-order chi connectivity index (χ0) is 16.9. The van der Waals surface area contributed by atoms with Crippen molar-refractivity contribution in [1.29, 1.82) is 0 Å². The molecule has 6 nitrogen and oxygen atoms in total. The predicted molar refractivity (Wildman–Crippen MR) is 92.3 cm³/mol. The fraction of sp³-hybridized carbons (Fsp3) is 0.444. The summed E-state index contributed by atoms with van der Waals surface area (Å²) in [6, 6.07) is 5.80. The smallest absolute Gasteiger partial charge is 0.228 e. The average Bonchev–Trinajstić information content (AvgIpc) is 2.64. The summed E-state index contributed by atoms with van der Waals surface area (Å²) in [5, 5.41) is 2.92. The van der Waals surface area contributed by atoms with Crippen molar-refractivity contribution in [3.63, 3.8) is 0 Å². The van der Waals surface area contributed by atoms with Crippen LogP contribution in [0, 0.1) is 12.8 Å². The van der Waals surface area contributed by atoms with Gasteiger partial charge in [-0.3, -0.25) is 9.69 Å². The molecule has 3 heterocycles. The highest BCUT2D eigenvalue weighted by molar-refractivity contribution is 5.91. The zero-order valence-electron chi connectivity index (χ0n) is 14.1. The number of likely N-dealkylation sites (tertiary alicyclic amines) is 1. The molecule has 1 aliphatic heterocycles. The van der Waals surface area contributed by atoms with Crippen molar-refractivity contribution in [3.8, 4) is 0 Å². The Morgan fingerprint density at radius 1 is 1.21 bits per heavy atom. The van der Waals surface area contributed by atoms with E-state index in [4.69, 9.17) is 0 Å². The number of amides is 1. The van der Waals surface area contributed by atoms with Crippen LogP contribution in [-0.4, -0.2) is 38.8 Å². The molecule has 1 N–H and O–H groups in total. The van der Waals surface area contributed by atoms with Gasteiger partial charge in [0.25, 0.3) is 0 Å². The molecule has 0 bridgehead atoms. The molecule has 2 aromatic heterocycles. The van der Waals surface area contributed by atoms with Gasteiger partial charge in [-0.25, -0.2) is 15.0 Å². The normalized spacial score (nSPS) is 17.4. The maximum Gasteiger partial charge on any atom is 0.228 e. The topological polar surface area (TPSA) is 71.0 Å². The highest BCUT2D eigenvalue weighted by atomic mass is 16.1. The van der Waals surface area contributed by atoms with E-state index in [1.807, 2.05) is 25.1 Å². The highest BCUT2D eigenvalue weighted by Crippen LogP contribution is 2.25. The van der Waals surface area contributed by atoms with E-state index in [0.717, 1.165) is 37.3 Å². The molecule has 0 radical (unpaired) electrons. The summed E-state index contributed by atoms with van der Waals surface area (Å²) in [4.78, 5) is 27.6. The molecule has 1 fully saturated rings. The van der Waals surface area contributed by atoms with Crippen LogP contribution in [0.5, 0.6) is 0 Å². The maximum absolute atomic E-state index is 12.4. The average molecular weight is 325 g/mol.